The van der Waals surface area contributed by atoms with E-state index < -0.39 is 5.60 Å². The normalized spacial score (nSPS) is 49.2. The molecular formula is C23H37BrO3. The number of hydrogen-bond donors (Lipinski definition) is 1. The minimum atomic E-state index is -0.589. The molecule has 0 aromatic rings. The van der Waals surface area contributed by atoms with Crippen LogP contribution in [0.15, 0.2) is 0 Å². The SMILES string of the molecule is CCOCC1(O)CC[C@H]2[C@H](CC[C@@H]3[C@@H]2CC[C@]2(C)[C@@H](C(=O)CBr)CC[C@@H]32)C1. The maximum absolute atomic E-state index is 12.5. The molecule has 0 aromatic carbocycles. The fourth-order valence-corrected chi connectivity index (χ4v) is 8.40. The Balaban J connectivity index is 1.47. The lowest BCUT2D eigenvalue weighted by atomic mass is 9.49. The smallest absolute Gasteiger partial charge is 0.147 e. The summed E-state index contributed by atoms with van der Waals surface area (Å²) in [6.45, 7) is 5.64. The van der Waals surface area contributed by atoms with Crippen LogP contribution in [0, 0.1) is 40.9 Å². The van der Waals surface area contributed by atoms with E-state index in [0.29, 0.717) is 30.2 Å². The standard InChI is InChI=1S/C23H37BrO3/c1-3-27-14-23(26)11-9-16-15(12-23)4-5-18-17(16)8-10-22(2)19(18)6-7-20(22)21(25)13-24/h15-20,26H,3-14H2,1-2H3/t15-,16+,17-,18-,19+,20-,22+,23?/m1/s1. The largest absolute Gasteiger partial charge is 0.387 e. The quantitative estimate of drug-likeness (QED) is 0.612. The Morgan fingerprint density at radius 1 is 1.07 bits per heavy atom. The molecule has 0 aromatic heterocycles. The van der Waals surface area contributed by atoms with Gasteiger partial charge in [-0.3, -0.25) is 4.79 Å². The third kappa shape index (κ3) is 3.46. The predicted molar refractivity (Wildman–Crippen MR) is 111 cm³/mol. The highest BCUT2D eigenvalue weighted by molar-refractivity contribution is 9.09. The van der Waals surface area contributed by atoms with Crippen molar-refractivity contribution in [2.45, 2.75) is 77.2 Å². The van der Waals surface area contributed by atoms with E-state index in [1.54, 1.807) is 0 Å². The molecule has 4 rings (SSSR count). The van der Waals surface area contributed by atoms with Crippen LogP contribution < -0.4 is 0 Å². The average molecular weight is 441 g/mol. The Bertz CT molecular complexity index is 566. The summed E-state index contributed by atoms with van der Waals surface area (Å²) in [7, 11) is 0. The Labute approximate surface area is 173 Å². The van der Waals surface area contributed by atoms with E-state index in [-0.39, 0.29) is 11.3 Å². The molecule has 4 saturated carbocycles. The highest BCUT2D eigenvalue weighted by atomic mass is 79.9. The maximum atomic E-state index is 12.5. The average Bonchev–Trinajstić information content (AvgIpc) is 3.02. The lowest BCUT2D eigenvalue weighted by Crippen LogP contribution is -2.52. The molecule has 4 aliphatic carbocycles. The zero-order valence-electron chi connectivity index (χ0n) is 17.1. The van der Waals surface area contributed by atoms with Gasteiger partial charge in [0, 0.05) is 12.5 Å². The molecule has 0 saturated heterocycles. The second-order valence-electron chi connectivity index (χ2n) is 10.3. The molecule has 0 aliphatic heterocycles. The highest BCUT2D eigenvalue weighted by Crippen LogP contribution is 2.64. The number of Topliss-reactive ketones (excluding diaryl/α,β-unsaturated/α-hetero) is 1. The summed E-state index contributed by atoms with van der Waals surface area (Å²) >= 11 is 3.42. The van der Waals surface area contributed by atoms with Crippen LogP contribution in [0.3, 0.4) is 0 Å². The molecule has 1 unspecified atom stereocenters. The molecule has 8 atom stereocenters. The van der Waals surface area contributed by atoms with Crippen molar-refractivity contribution in [2.75, 3.05) is 18.5 Å². The zero-order chi connectivity index (χ0) is 19.2. The van der Waals surface area contributed by atoms with Crippen molar-refractivity contribution in [3.8, 4) is 0 Å². The number of hydrogen-bond acceptors (Lipinski definition) is 3. The van der Waals surface area contributed by atoms with E-state index in [2.05, 4.69) is 22.9 Å². The van der Waals surface area contributed by atoms with Gasteiger partial charge in [-0.1, -0.05) is 22.9 Å². The highest BCUT2D eigenvalue weighted by Gasteiger charge is 2.58. The lowest BCUT2D eigenvalue weighted by molar-refractivity contribution is -0.136. The molecule has 4 fully saturated rings. The first-order valence-electron chi connectivity index (χ1n) is 11.3. The Hall–Kier alpha value is 0.0700. The second kappa shape index (κ2) is 7.72. The number of carbonyl (C=O) groups is 1. The summed E-state index contributed by atoms with van der Waals surface area (Å²) < 4.78 is 5.59. The molecule has 4 heteroatoms. The van der Waals surface area contributed by atoms with Gasteiger partial charge < -0.3 is 9.84 Å². The molecule has 4 aliphatic rings. The molecule has 3 nitrogen and oxygen atoms in total. The molecule has 0 heterocycles. The number of rotatable bonds is 5. The first kappa shape index (κ1) is 20.3. The fourth-order valence-electron chi connectivity index (χ4n) is 8.01. The number of ketones is 1. The Morgan fingerprint density at radius 3 is 2.59 bits per heavy atom. The summed E-state index contributed by atoms with van der Waals surface area (Å²) in [5, 5.41) is 11.5. The number of halogens is 1. The molecule has 0 amide bonds. The van der Waals surface area contributed by atoms with Crippen LogP contribution in [-0.4, -0.2) is 35.0 Å². The van der Waals surface area contributed by atoms with Gasteiger partial charge in [0.05, 0.1) is 17.5 Å². The minimum Gasteiger partial charge on any atom is -0.387 e. The summed E-state index contributed by atoms with van der Waals surface area (Å²) in [5.74, 6) is 4.58. The van der Waals surface area contributed by atoms with Gasteiger partial charge in [0.15, 0.2) is 0 Å². The summed E-state index contributed by atoms with van der Waals surface area (Å²) in [4.78, 5) is 12.5. The summed E-state index contributed by atoms with van der Waals surface area (Å²) in [6, 6.07) is 0. The van der Waals surface area contributed by atoms with Crippen LogP contribution >= 0.6 is 15.9 Å². The predicted octanol–water partition coefficient (Wildman–Crippen LogP) is 4.99. The molecule has 1 N–H and O–H groups in total. The van der Waals surface area contributed by atoms with Gasteiger partial charge in [0.1, 0.15) is 5.78 Å². The van der Waals surface area contributed by atoms with E-state index >= 15 is 0 Å². The summed E-state index contributed by atoms with van der Waals surface area (Å²) in [6.07, 6.45) is 10.5. The molecule has 0 bridgehead atoms. The second-order valence-corrected chi connectivity index (χ2v) is 10.9. The first-order chi connectivity index (χ1) is 12.9. The van der Waals surface area contributed by atoms with Crippen LogP contribution in [0.25, 0.3) is 0 Å². The van der Waals surface area contributed by atoms with E-state index in [1.807, 2.05) is 6.92 Å². The van der Waals surface area contributed by atoms with Gasteiger partial charge in [-0.25, -0.2) is 0 Å². The number of aliphatic hydroxyl groups is 1. The summed E-state index contributed by atoms with van der Waals surface area (Å²) in [5.41, 5.74) is -0.350. The van der Waals surface area contributed by atoms with Crippen LogP contribution in [0.2, 0.25) is 0 Å². The number of alkyl halides is 1. The van der Waals surface area contributed by atoms with Crippen molar-refractivity contribution in [3.05, 3.63) is 0 Å². The fraction of sp³-hybridized carbons (Fsp3) is 0.957. The van der Waals surface area contributed by atoms with Gasteiger partial charge in [0.2, 0.25) is 0 Å². The van der Waals surface area contributed by atoms with E-state index in [9.17, 15) is 9.90 Å². The number of carbonyl (C=O) groups excluding carboxylic acids is 1. The van der Waals surface area contributed by atoms with Gasteiger partial charge in [-0.2, -0.15) is 0 Å². The van der Waals surface area contributed by atoms with Gasteiger partial charge in [-0.05, 0) is 99.7 Å². The van der Waals surface area contributed by atoms with Gasteiger partial charge in [0.25, 0.3) is 0 Å². The Kier molecular flexibility index (Phi) is 5.82. The van der Waals surface area contributed by atoms with Gasteiger partial charge in [-0.15, -0.1) is 0 Å². The Morgan fingerprint density at radius 2 is 1.85 bits per heavy atom. The van der Waals surface area contributed by atoms with Crippen LogP contribution in [0.5, 0.6) is 0 Å². The lowest BCUT2D eigenvalue weighted by Gasteiger charge is -2.57. The van der Waals surface area contributed by atoms with Crippen LogP contribution in [0.4, 0.5) is 0 Å². The van der Waals surface area contributed by atoms with E-state index in [1.165, 1.54) is 38.5 Å². The number of fused-ring (bicyclic) bond motifs is 5. The van der Waals surface area contributed by atoms with Crippen LogP contribution in [-0.2, 0) is 9.53 Å². The van der Waals surface area contributed by atoms with Crippen molar-refractivity contribution in [1.82, 2.24) is 0 Å². The van der Waals surface area contributed by atoms with Crippen LogP contribution in [0.1, 0.15) is 71.6 Å². The molecule has 154 valence electrons. The molecular weight excluding hydrogens is 404 g/mol. The topological polar surface area (TPSA) is 46.5 Å². The van der Waals surface area contributed by atoms with Gasteiger partial charge >= 0.3 is 0 Å². The molecule has 0 spiro atoms. The third-order valence-corrected chi connectivity index (χ3v) is 9.75. The molecule has 0 radical (unpaired) electrons. The zero-order valence-corrected chi connectivity index (χ0v) is 18.7. The maximum Gasteiger partial charge on any atom is 0.147 e. The first-order valence-corrected chi connectivity index (χ1v) is 12.4. The van der Waals surface area contributed by atoms with E-state index in [4.69, 9.17) is 4.74 Å². The monoisotopic (exact) mass is 440 g/mol. The third-order valence-electron chi connectivity index (χ3n) is 9.20. The minimum absolute atomic E-state index is 0.239. The van der Waals surface area contributed by atoms with Crippen molar-refractivity contribution in [1.29, 1.82) is 0 Å². The van der Waals surface area contributed by atoms with Crippen molar-refractivity contribution in [3.63, 3.8) is 0 Å². The molecule has 27 heavy (non-hydrogen) atoms. The van der Waals surface area contributed by atoms with Crippen molar-refractivity contribution in [2.24, 2.45) is 40.9 Å². The van der Waals surface area contributed by atoms with E-state index in [0.717, 1.165) is 42.9 Å². The van der Waals surface area contributed by atoms with Crippen molar-refractivity contribution < 1.29 is 14.6 Å². The number of ether oxygens (including phenoxy) is 1. The van der Waals surface area contributed by atoms with Crippen molar-refractivity contribution >= 4 is 21.7 Å².